The highest BCUT2D eigenvalue weighted by Gasteiger charge is 2.51. The van der Waals surface area contributed by atoms with Gasteiger partial charge in [0.25, 0.3) is 0 Å². The molecule has 1 fully saturated rings. The number of imide groups is 1. The van der Waals surface area contributed by atoms with Gasteiger partial charge in [-0.1, -0.05) is 38.1 Å². The predicted molar refractivity (Wildman–Crippen MR) is 104 cm³/mol. The highest BCUT2D eigenvalue weighted by Crippen LogP contribution is 2.37. The summed E-state index contributed by atoms with van der Waals surface area (Å²) in [6, 6.07) is 5.35. The molecule has 5 nitrogen and oxygen atoms in total. The van der Waals surface area contributed by atoms with E-state index in [0.29, 0.717) is 32.2 Å². The van der Waals surface area contributed by atoms with Crippen molar-refractivity contribution in [1.82, 2.24) is 10.2 Å². The molecule has 28 heavy (non-hydrogen) atoms. The quantitative estimate of drug-likeness (QED) is 0.579. The number of rotatable bonds is 7. The molecular weight excluding hydrogens is 359 g/mol. The number of nitrogens with one attached hydrogen (secondary N) is 1. The van der Waals surface area contributed by atoms with Crippen LogP contribution in [0.5, 0.6) is 0 Å². The van der Waals surface area contributed by atoms with E-state index >= 15 is 0 Å². The normalized spacial score (nSPS) is 22.5. The van der Waals surface area contributed by atoms with Gasteiger partial charge in [0.15, 0.2) is 0 Å². The van der Waals surface area contributed by atoms with E-state index < -0.39 is 6.04 Å². The molecule has 3 amide bonds. The molecule has 0 aromatic heterocycles. The van der Waals surface area contributed by atoms with Gasteiger partial charge in [0.2, 0.25) is 17.7 Å². The molecule has 3 rings (SSSR count). The van der Waals surface area contributed by atoms with Gasteiger partial charge in [0.05, 0.1) is 11.8 Å². The van der Waals surface area contributed by atoms with Crippen LogP contribution in [0.2, 0.25) is 0 Å². The molecule has 1 aromatic rings. The lowest BCUT2D eigenvalue weighted by atomic mass is 9.85. The summed E-state index contributed by atoms with van der Waals surface area (Å²) in [5, 5.41) is 2.86. The molecule has 1 N–H and O–H groups in total. The second-order valence-electron chi connectivity index (χ2n) is 8.02. The third kappa shape index (κ3) is 4.32. The molecular formula is C22H27FN2O3. The van der Waals surface area contributed by atoms with Gasteiger partial charge in [-0.05, 0) is 49.3 Å². The number of hydrogen-bond acceptors (Lipinski definition) is 3. The third-order valence-corrected chi connectivity index (χ3v) is 5.48. The zero-order valence-electron chi connectivity index (χ0n) is 16.4. The fourth-order valence-corrected chi connectivity index (χ4v) is 4.01. The monoisotopic (exact) mass is 386 g/mol. The Kier molecular flexibility index (Phi) is 6.27. The van der Waals surface area contributed by atoms with Crippen LogP contribution in [-0.2, 0) is 20.8 Å². The lowest BCUT2D eigenvalue weighted by Gasteiger charge is -2.27. The number of halogens is 1. The Hall–Kier alpha value is -2.50. The second kappa shape index (κ2) is 8.67. The molecule has 1 aromatic carbocycles. The first-order valence-electron chi connectivity index (χ1n) is 9.92. The molecule has 0 radical (unpaired) electrons. The van der Waals surface area contributed by atoms with Crippen LogP contribution in [-0.4, -0.2) is 35.2 Å². The van der Waals surface area contributed by atoms with Crippen molar-refractivity contribution in [2.24, 2.45) is 17.8 Å². The maximum atomic E-state index is 13.0. The molecule has 1 saturated heterocycles. The average molecular weight is 386 g/mol. The minimum Gasteiger partial charge on any atom is -0.354 e. The van der Waals surface area contributed by atoms with Gasteiger partial charge < -0.3 is 5.32 Å². The van der Waals surface area contributed by atoms with Gasteiger partial charge >= 0.3 is 0 Å². The van der Waals surface area contributed by atoms with Gasteiger partial charge in [-0.25, -0.2) is 4.39 Å². The zero-order chi connectivity index (χ0) is 20.3. The van der Waals surface area contributed by atoms with Crippen molar-refractivity contribution in [2.75, 3.05) is 6.54 Å². The minimum atomic E-state index is -0.779. The highest BCUT2D eigenvalue weighted by atomic mass is 19.1. The van der Waals surface area contributed by atoms with Crippen LogP contribution in [0, 0.1) is 23.6 Å². The van der Waals surface area contributed by atoms with E-state index in [2.05, 4.69) is 5.32 Å². The van der Waals surface area contributed by atoms with Crippen molar-refractivity contribution in [3.8, 4) is 0 Å². The van der Waals surface area contributed by atoms with Crippen molar-refractivity contribution in [1.29, 1.82) is 0 Å². The van der Waals surface area contributed by atoms with E-state index in [0.717, 1.165) is 5.56 Å². The maximum Gasteiger partial charge on any atom is 0.243 e. The Bertz CT molecular complexity index is 746. The standard InChI is InChI=1S/C22H27FN2O3/c1-14(2)13-19(20(26)24-12-11-15-7-9-16(23)10-8-15)25-21(27)17-5-3-4-6-18(17)22(25)28/h3-4,7-10,14,17-19H,5-6,11-13H2,1-2H3,(H,24,26). The van der Waals surface area contributed by atoms with Crippen LogP contribution in [0.15, 0.2) is 36.4 Å². The topological polar surface area (TPSA) is 66.5 Å². The number of carbonyl (C=O) groups is 3. The summed E-state index contributed by atoms with van der Waals surface area (Å²) in [4.78, 5) is 39.8. The molecule has 1 aliphatic carbocycles. The molecule has 6 heteroatoms. The zero-order valence-corrected chi connectivity index (χ0v) is 16.4. The molecule has 1 heterocycles. The summed E-state index contributed by atoms with van der Waals surface area (Å²) in [5.74, 6) is -1.55. The molecule has 0 spiro atoms. The maximum absolute atomic E-state index is 13.0. The third-order valence-electron chi connectivity index (χ3n) is 5.48. The Morgan fingerprint density at radius 3 is 2.21 bits per heavy atom. The van der Waals surface area contributed by atoms with Gasteiger partial charge in [-0.3, -0.25) is 19.3 Å². The van der Waals surface area contributed by atoms with E-state index in [4.69, 9.17) is 0 Å². The molecule has 1 aliphatic heterocycles. The minimum absolute atomic E-state index is 0.161. The number of likely N-dealkylation sites (tertiary alicyclic amines) is 1. The first-order valence-corrected chi connectivity index (χ1v) is 9.92. The van der Waals surface area contributed by atoms with Crippen molar-refractivity contribution in [2.45, 2.75) is 45.6 Å². The summed E-state index contributed by atoms with van der Waals surface area (Å²) in [5.41, 5.74) is 0.910. The largest absolute Gasteiger partial charge is 0.354 e. The van der Waals surface area contributed by atoms with Crippen LogP contribution in [0.3, 0.4) is 0 Å². The lowest BCUT2D eigenvalue weighted by Crippen LogP contribution is -2.51. The van der Waals surface area contributed by atoms with Crippen LogP contribution >= 0.6 is 0 Å². The van der Waals surface area contributed by atoms with Gasteiger partial charge in [-0.15, -0.1) is 0 Å². The fraction of sp³-hybridized carbons (Fsp3) is 0.500. The predicted octanol–water partition coefficient (Wildman–Crippen LogP) is 2.85. The number of allylic oxidation sites excluding steroid dienone is 2. The van der Waals surface area contributed by atoms with Crippen LogP contribution in [0.4, 0.5) is 4.39 Å². The molecule has 3 atom stereocenters. The van der Waals surface area contributed by atoms with Crippen LogP contribution in [0.1, 0.15) is 38.7 Å². The molecule has 3 unspecified atom stereocenters. The molecule has 0 bridgehead atoms. The fourth-order valence-electron chi connectivity index (χ4n) is 4.01. The highest BCUT2D eigenvalue weighted by molar-refractivity contribution is 6.08. The summed E-state index contributed by atoms with van der Waals surface area (Å²) >= 11 is 0. The summed E-state index contributed by atoms with van der Waals surface area (Å²) < 4.78 is 13.0. The van der Waals surface area contributed by atoms with Crippen LogP contribution < -0.4 is 5.32 Å². The molecule has 0 saturated carbocycles. The van der Waals surface area contributed by atoms with Crippen molar-refractivity contribution >= 4 is 17.7 Å². The van der Waals surface area contributed by atoms with E-state index in [9.17, 15) is 18.8 Å². The van der Waals surface area contributed by atoms with Gasteiger partial charge in [-0.2, -0.15) is 0 Å². The Morgan fingerprint density at radius 2 is 1.68 bits per heavy atom. The SMILES string of the molecule is CC(C)CC(C(=O)NCCc1ccc(F)cc1)N1C(=O)C2CC=CCC2C1=O. The van der Waals surface area contributed by atoms with Crippen molar-refractivity contribution < 1.29 is 18.8 Å². The van der Waals surface area contributed by atoms with Gasteiger partial charge in [0, 0.05) is 6.54 Å². The Balaban J connectivity index is 1.67. The summed E-state index contributed by atoms with van der Waals surface area (Å²) in [7, 11) is 0. The molecule has 150 valence electrons. The van der Waals surface area contributed by atoms with E-state index in [1.807, 2.05) is 26.0 Å². The average Bonchev–Trinajstić information content (AvgIpc) is 2.92. The van der Waals surface area contributed by atoms with Gasteiger partial charge in [0.1, 0.15) is 11.9 Å². The van der Waals surface area contributed by atoms with Crippen molar-refractivity contribution in [3.05, 3.63) is 47.8 Å². The number of fused-ring (bicyclic) bond motifs is 1. The number of benzene rings is 1. The Morgan fingerprint density at radius 1 is 1.11 bits per heavy atom. The number of carbonyl (C=O) groups excluding carboxylic acids is 3. The number of nitrogens with zero attached hydrogens (tertiary/aromatic N) is 1. The summed E-state index contributed by atoms with van der Waals surface area (Å²) in [6.45, 7) is 4.31. The van der Waals surface area contributed by atoms with Crippen LogP contribution in [0.25, 0.3) is 0 Å². The molecule has 2 aliphatic rings. The number of hydrogen-bond donors (Lipinski definition) is 1. The number of amides is 3. The summed E-state index contributed by atoms with van der Waals surface area (Å²) in [6.07, 6.45) is 6.00. The van der Waals surface area contributed by atoms with E-state index in [1.54, 1.807) is 12.1 Å². The first-order chi connectivity index (χ1) is 13.4. The smallest absolute Gasteiger partial charge is 0.243 e. The lowest BCUT2D eigenvalue weighted by molar-refractivity contribution is -0.148. The second-order valence-corrected chi connectivity index (χ2v) is 8.02. The Labute approximate surface area is 165 Å². The first kappa shape index (κ1) is 20.2. The van der Waals surface area contributed by atoms with E-state index in [1.165, 1.54) is 17.0 Å². The van der Waals surface area contributed by atoms with E-state index in [-0.39, 0.29) is 41.3 Å². The van der Waals surface area contributed by atoms with Crippen molar-refractivity contribution in [3.63, 3.8) is 0 Å².